The molecule has 4 heteroatoms. The van der Waals surface area contributed by atoms with Crippen molar-refractivity contribution in [2.45, 2.75) is 20.3 Å². The van der Waals surface area contributed by atoms with E-state index in [4.69, 9.17) is 0 Å². The summed E-state index contributed by atoms with van der Waals surface area (Å²) in [6.07, 6.45) is 0.646. The number of nitro benzene ring substituents is 1. The fraction of sp³-hybridized carbons (Fsp3) is 0.250. The van der Waals surface area contributed by atoms with E-state index in [0.717, 1.165) is 16.7 Å². The topological polar surface area (TPSA) is 63.4 Å². The van der Waals surface area contributed by atoms with Gasteiger partial charge in [0.1, 0.15) is 5.75 Å². The number of hydrogen-bond donors (Lipinski definition) is 1. The van der Waals surface area contributed by atoms with E-state index >= 15 is 0 Å². The van der Waals surface area contributed by atoms with Crippen LogP contribution in [-0.4, -0.2) is 10.0 Å². The van der Waals surface area contributed by atoms with E-state index in [-0.39, 0.29) is 16.4 Å². The maximum Gasteiger partial charge on any atom is 0.273 e. The SMILES string of the molecule is CC(C)Cc1c(-c2ccc(O)cc2)cccc1[N+](=O)[O-]. The van der Waals surface area contributed by atoms with Gasteiger partial charge in [0.15, 0.2) is 0 Å². The summed E-state index contributed by atoms with van der Waals surface area (Å²) in [7, 11) is 0. The summed E-state index contributed by atoms with van der Waals surface area (Å²) in [6.45, 7) is 4.08. The first-order chi connectivity index (χ1) is 9.49. The average molecular weight is 271 g/mol. The fourth-order valence-electron chi connectivity index (χ4n) is 2.28. The van der Waals surface area contributed by atoms with E-state index in [1.807, 2.05) is 19.9 Å². The van der Waals surface area contributed by atoms with Gasteiger partial charge < -0.3 is 5.11 Å². The molecule has 104 valence electrons. The van der Waals surface area contributed by atoms with Gasteiger partial charge in [0, 0.05) is 11.6 Å². The van der Waals surface area contributed by atoms with Crippen molar-refractivity contribution >= 4 is 5.69 Å². The van der Waals surface area contributed by atoms with E-state index in [0.29, 0.717) is 12.3 Å². The lowest BCUT2D eigenvalue weighted by molar-refractivity contribution is -0.385. The Morgan fingerprint density at radius 2 is 1.80 bits per heavy atom. The smallest absolute Gasteiger partial charge is 0.273 e. The van der Waals surface area contributed by atoms with E-state index < -0.39 is 0 Å². The van der Waals surface area contributed by atoms with E-state index in [1.54, 1.807) is 36.4 Å². The zero-order valence-electron chi connectivity index (χ0n) is 11.5. The van der Waals surface area contributed by atoms with Crippen molar-refractivity contribution < 1.29 is 10.0 Å². The van der Waals surface area contributed by atoms with Crippen LogP contribution in [0.2, 0.25) is 0 Å². The molecule has 2 aromatic rings. The highest BCUT2D eigenvalue weighted by molar-refractivity contribution is 5.72. The van der Waals surface area contributed by atoms with Crippen LogP contribution in [0.4, 0.5) is 5.69 Å². The van der Waals surface area contributed by atoms with Gasteiger partial charge in [-0.2, -0.15) is 0 Å². The standard InChI is InChI=1S/C16H17NO3/c1-11(2)10-15-14(4-3-5-16(15)17(19)20)12-6-8-13(18)9-7-12/h3-9,11,18H,10H2,1-2H3. The highest BCUT2D eigenvalue weighted by Gasteiger charge is 2.19. The Hall–Kier alpha value is -2.36. The van der Waals surface area contributed by atoms with Crippen LogP contribution in [0, 0.1) is 16.0 Å². The number of nitrogens with zero attached hydrogens (tertiary/aromatic N) is 1. The molecule has 0 radical (unpaired) electrons. The summed E-state index contributed by atoms with van der Waals surface area (Å²) in [4.78, 5) is 10.9. The molecule has 0 spiro atoms. The van der Waals surface area contributed by atoms with Gasteiger partial charge in [0.2, 0.25) is 0 Å². The van der Waals surface area contributed by atoms with Crippen molar-refractivity contribution in [3.63, 3.8) is 0 Å². The van der Waals surface area contributed by atoms with Crippen LogP contribution in [0.1, 0.15) is 19.4 Å². The van der Waals surface area contributed by atoms with Gasteiger partial charge in [0.25, 0.3) is 5.69 Å². The van der Waals surface area contributed by atoms with Gasteiger partial charge in [-0.3, -0.25) is 10.1 Å². The van der Waals surface area contributed by atoms with Crippen molar-refractivity contribution in [1.82, 2.24) is 0 Å². The van der Waals surface area contributed by atoms with Crippen molar-refractivity contribution in [2.75, 3.05) is 0 Å². The molecule has 0 fully saturated rings. The molecule has 0 aliphatic heterocycles. The number of phenols is 1. The summed E-state index contributed by atoms with van der Waals surface area (Å²) >= 11 is 0. The molecule has 0 unspecified atom stereocenters. The van der Waals surface area contributed by atoms with Gasteiger partial charge in [-0.05, 0) is 35.6 Å². The van der Waals surface area contributed by atoms with Gasteiger partial charge in [-0.1, -0.05) is 38.1 Å². The molecular weight excluding hydrogens is 254 g/mol. The Morgan fingerprint density at radius 3 is 2.35 bits per heavy atom. The Labute approximate surface area is 117 Å². The molecule has 1 N–H and O–H groups in total. The molecule has 4 nitrogen and oxygen atoms in total. The van der Waals surface area contributed by atoms with Crippen LogP contribution >= 0.6 is 0 Å². The van der Waals surface area contributed by atoms with Crippen molar-refractivity contribution in [2.24, 2.45) is 5.92 Å². The summed E-state index contributed by atoms with van der Waals surface area (Å²) in [5.74, 6) is 0.511. The Bertz CT molecular complexity index is 618. The minimum Gasteiger partial charge on any atom is -0.508 e. The van der Waals surface area contributed by atoms with E-state index in [1.165, 1.54) is 0 Å². The average Bonchev–Trinajstić information content (AvgIpc) is 2.39. The van der Waals surface area contributed by atoms with Gasteiger partial charge in [-0.15, -0.1) is 0 Å². The van der Waals surface area contributed by atoms with Crippen LogP contribution in [0.15, 0.2) is 42.5 Å². The molecular formula is C16H17NO3. The molecule has 20 heavy (non-hydrogen) atoms. The van der Waals surface area contributed by atoms with Crippen molar-refractivity contribution in [1.29, 1.82) is 0 Å². The first-order valence-corrected chi connectivity index (χ1v) is 6.54. The minimum atomic E-state index is -0.332. The molecule has 0 saturated heterocycles. The second-order valence-electron chi connectivity index (χ2n) is 5.21. The van der Waals surface area contributed by atoms with Crippen molar-refractivity contribution in [3.8, 4) is 16.9 Å². The molecule has 0 aliphatic rings. The number of phenolic OH excluding ortho intramolecular Hbond substituents is 1. The van der Waals surface area contributed by atoms with Crippen LogP contribution in [0.25, 0.3) is 11.1 Å². The second kappa shape index (κ2) is 5.74. The first-order valence-electron chi connectivity index (χ1n) is 6.54. The molecule has 0 amide bonds. The molecule has 2 rings (SSSR count). The number of rotatable bonds is 4. The third kappa shape index (κ3) is 2.96. The minimum absolute atomic E-state index is 0.157. The monoisotopic (exact) mass is 271 g/mol. The third-order valence-corrected chi connectivity index (χ3v) is 3.14. The first kappa shape index (κ1) is 14.1. The molecule has 0 aliphatic carbocycles. The molecule has 0 saturated carbocycles. The lowest BCUT2D eigenvalue weighted by atomic mass is 9.92. The van der Waals surface area contributed by atoms with Gasteiger partial charge in [-0.25, -0.2) is 0 Å². The molecule has 0 atom stereocenters. The van der Waals surface area contributed by atoms with Gasteiger partial charge >= 0.3 is 0 Å². The third-order valence-electron chi connectivity index (χ3n) is 3.14. The quantitative estimate of drug-likeness (QED) is 0.670. The normalized spacial score (nSPS) is 10.8. The summed E-state index contributed by atoms with van der Waals surface area (Å²) in [5, 5.41) is 20.6. The number of nitro groups is 1. The summed E-state index contributed by atoms with van der Waals surface area (Å²) in [5.41, 5.74) is 2.64. The van der Waals surface area contributed by atoms with Crippen molar-refractivity contribution in [3.05, 3.63) is 58.1 Å². The molecule has 0 heterocycles. The summed E-state index contributed by atoms with van der Waals surface area (Å²) in [6, 6.07) is 11.9. The highest BCUT2D eigenvalue weighted by Crippen LogP contribution is 2.33. The van der Waals surface area contributed by atoms with E-state index in [2.05, 4.69) is 0 Å². The number of benzene rings is 2. The van der Waals surface area contributed by atoms with Crippen LogP contribution in [0.5, 0.6) is 5.75 Å². The maximum absolute atomic E-state index is 11.2. The van der Waals surface area contributed by atoms with Crippen LogP contribution < -0.4 is 0 Å². The molecule has 0 aromatic heterocycles. The Morgan fingerprint density at radius 1 is 1.15 bits per heavy atom. The largest absolute Gasteiger partial charge is 0.508 e. The zero-order valence-corrected chi connectivity index (χ0v) is 11.5. The predicted octanol–water partition coefficient (Wildman–Crippen LogP) is 4.17. The second-order valence-corrected chi connectivity index (χ2v) is 5.21. The number of hydrogen-bond acceptors (Lipinski definition) is 3. The highest BCUT2D eigenvalue weighted by atomic mass is 16.6. The lowest BCUT2D eigenvalue weighted by Gasteiger charge is -2.12. The van der Waals surface area contributed by atoms with Crippen LogP contribution in [-0.2, 0) is 6.42 Å². The molecule has 2 aromatic carbocycles. The lowest BCUT2D eigenvalue weighted by Crippen LogP contribution is -2.02. The zero-order chi connectivity index (χ0) is 14.7. The molecule has 0 bridgehead atoms. The van der Waals surface area contributed by atoms with Crippen LogP contribution in [0.3, 0.4) is 0 Å². The fourth-order valence-corrected chi connectivity index (χ4v) is 2.28. The maximum atomic E-state index is 11.2. The summed E-state index contributed by atoms with van der Waals surface area (Å²) < 4.78 is 0. The Kier molecular flexibility index (Phi) is 4.03. The predicted molar refractivity (Wildman–Crippen MR) is 78.7 cm³/mol. The van der Waals surface area contributed by atoms with E-state index in [9.17, 15) is 15.2 Å². The Balaban J connectivity index is 2.59. The van der Waals surface area contributed by atoms with Gasteiger partial charge in [0.05, 0.1) is 4.92 Å². The number of aromatic hydroxyl groups is 1.